The molecule has 0 saturated carbocycles. The molecule has 32 heavy (non-hydrogen) atoms. The number of aryl methyl sites for hydroxylation is 2. The highest BCUT2D eigenvalue weighted by Gasteiger charge is 2.23. The lowest BCUT2D eigenvalue weighted by Gasteiger charge is -2.18. The molecule has 1 heterocycles. The van der Waals surface area contributed by atoms with Gasteiger partial charge in [-0.3, -0.25) is 0 Å². The number of hydrogen-bond acceptors (Lipinski definition) is 3. The predicted octanol–water partition coefficient (Wildman–Crippen LogP) is 4.93. The predicted molar refractivity (Wildman–Crippen MR) is 133 cm³/mol. The van der Waals surface area contributed by atoms with Gasteiger partial charge in [-0.2, -0.15) is 0 Å². The molecule has 1 unspecified atom stereocenters. The Morgan fingerprint density at radius 3 is 2.22 bits per heavy atom. The molecule has 0 aliphatic rings. The van der Waals surface area contributed by atoms with Gasteiger partial charge in [0.2, 0.25) is 0 Å². The molecule has 0 amide bonds. The van der Waals surface area contributed by atoms with Gasteiger partial charge in [-0.15, -0.1) is 0 Å². The number of rotatable bonds is 9. The lowest BCUT2D eigenvalue weighted by atomic mass is 9.97. The third kappa shape index (κ3) is 4.63. The molecule has 1 aromatic heterocycles. The molecule has 1 atom stereocenters. The minimum atomic E-state index is -0.545. The standard InChI is InChI=1S/C28H32N2O2/c1-20-16-21(2)27-25(17-20)26(22-10-5-3-6-11-22)28(23-12-7-4-8-13-23)30(27)19-24(32)18-29-14-9-15-31/h3-8,10-13,16-17,24,29,31-32H,9,14-15,18-19H2,1-2H3. The second-order valence-corrected chi connectivity index (χ2v) is 8.48. The molecule has 4 nitrogen and oxygen atoms in total. The van der Waals surface area contributed by atoms with Gasteiger partial charge in [0, 0.05) is 24.1 Å². The number of aliphatic hydroxyl groups excluding tert-OH is 2. The van der Waals surface area contributed by atoms with Crippen LogP contribution in [0.2, 0.25) is 0 Å². The number of fused-ring (bicyclic) bond motifs is 1. The molecular formula is C28H32N2O2. The first-order valence-electron chi connectivity index (χ1n) is 11.3. The molecular weight excluding hydrogens is 396 g/mol. The van der Waals surface area contributed by atoms with Crippen molar-refractivity contribution in [1.82, 2.24) is 9.88 Å². The summed E-state index contributed by atoms with van der Waals surface area (Å²) in [7, 11) is 0. The third-order valence-electron chi connectivity index (χ3n) is 5.89. The summed E-state index contributed by atoms with van der Waals surface area (Å²) in [4.78, 5) is 0. The van der Waals surface area contributed by atoms with Crippen molar-refractivity contribution in [2.24, 2.45) is 0 Å². The SMILES string of the molecule is Cc1cc(C)c2c(c1)c(-c1ccccc1)c(-c1ccccc1)n2CC(O)CNCCCO. The van der Waals surface area contributed by atoms with E-state index in [1.165, 1.54) is 33.2 Å². The first-order chi connectivity index (χ1) is 15.6. The van der Waals surface area contributed by atoms with Crippen LogP contribution in [-0.2, 0) is 6.54 Å². The van der Waals surface area contributed by atoms with E-state index in [2.05, 4.69) is 84.4 Å². The van der Waals surface area contributed by atoms with Crippen LogP contribution in [0.5, 0.6) is 0 Å². The Kier molecular flexibility index (Phi) is 7.05. The summed E-state index contributed by atoms with van der Waals surface area (Å²) < 4.78 is 2.29. The van der Waals surface area contributed by atoms with Crippen molar-refractivity contribution in [2.45, 2.75) is 32.9 Å². The van der Waals surface area contributed by atoms with Crippen molar-refractivity contribution in [3.63, 3.8) is 0 Å². The molecule has 0 aliphatic carbocycles. The number of nitrogens with zero attached hydrogens (tertiary/aromatic N) is 1. The Balaban J connectivity index is 1.91. The van der Waals surface area contributed by atoms with Gasteiger partial charge in [0.15, 0.2) is 0 Å². The van der Waals surface area contributed by atoms with Gasteiger partial charge in [-0.25, -0.2) is 0 Å². The molecule has 4 aromatic rings. The van der Waals surface area contributed by atoms with Crippen molar-refractivity contribution < 1.29 is 10.2 Å². The van der Waals surface area contributed by atoms with E-state index in [1.54, 1.807) is 0 Å². The molecule has 0 saturated heterocycles. The maximum absolute atomic E-state index is 10.9. The number of benzene rings is 3. The lowest BCUT2D eigenvalue weighted by molar-refractivity contribution is 0.152. The molecule has 166 valence electrons. The van der Waals surface area contributed by atoms with E-state index in [-0.39, 0.29) is 6.61 Å². The summed E-state index contributed by atoms with van der Waals surface area (Å²) in [5.41, 5.74) is 8.27. The van der Waals surface area contributed by atoms with Crippen molar-refractivity contribution in [3.05, 3.63) is 83.9 Å². The van der Waals surface area contributed by atoms with Crippen LogP contribution in [0.1, 0.15) is 17.5 Å². The van der Waals surface area contributed by atoms with Crippen LogP contribution in [0, 0.1) is 13.8 Å². The van der Waals surface area contributed by atoms with E-state index in [1.807, 2.05) is 12.1 Å². The molecule has 4 rings (SSSR count). The van der Waals surface area contributed by atoms with Gasteiger partial charge in [0.05, 0.1) is 23.9 Å². The summed E-state index contributed by atoms with van der Waals surface area (Å²) in [6.07, 6.45) is 0.140. The minimum absolute atomic E-state index is 0.155. The summed E-state index contributed by atoms with van der Waals surface area (Å²) in [5, 5.41) is 24.4. The maximum atomic E-state index is 10.9. The van der Waals surface area contributed by atoms with E-state index < -0.39 is 6.10 Å². The Labute approximate surface area is 190 Å². The molecule has 0 bridgehead atoms. The fourth-order valence-electron chi connectivity index (χ4n) is 4.61. The second kappa shape index (κ2) is 10.1. The number of aliphatic hydroxyl groups is 2. The van der Waals surface area contributed by atoms with Crippen LogP contribution in [0.25, 0.3) is 33.3 Å². The largest absolute Gasteiger partial charge is 0.396 e. The van der Waals surface area contributed by atoms with Crippen LogP contribution in [0.15, 0.2) is 72.8 Å². The van der Waals surface area contributed by atoms with Gasteiger partial charge >= 0.3 is 0 Å². The number of nitrogens with one attached hydrogen (secondary N) is 1. The van der Waals surface area contributed by atoms with Gasteiger partial charge < -0.3 is 20.1 Å². The zero-order valence-corrected chi connectivity index (χ0v) is 18.9. The zero-order chi connectivity index (χ0) is 22.5. The van der Waals surface area contributed by atoms with Crippen LogP contribution >= 0.6 is 0 Å². The summed E-state index contributed by atoms with van der Waals surface area (Å²) in [5.74, 6) is 0. The zero-order valence-electron chi connectivity index (χ0n) is 18.9. The molecule has 3 aromatic carbocycles. The minimum Gasteiger partial charge on any atom is -0.396 e. The fraction of sp³-hybridized carbons (Fsp3) is 0.286. The van der Waals surface area contributed by atoms with Crippen LogP contribution in [-0.4, -0.2) is 40.6 Å². The Morgan fingerprint density at radius 1 is 0.906 bits per heavy atom. The van der Waals surface area contributed by atoms with Crippen LogP contribution in [0.4, 0.5) is 0 Å². The monoisotopic (exact) mass is 428 g/mol. The van der Waals surface area contributed by atoms with Gasteiger partial charge in [0.1, 0.15) is 0 Å². The molecule has 0 radical (unpaired) electrons. The average molecular weight is 429 g/mol. The Morgan fingerprint density at radius 2 is 1.56 bits per heavy atom. The van der Waals surface area contributed by atoms with E-state index >= 15 is 0 Å². The van der Waals surface area contributed by atoms with E-state index in [0.717, 1.165) is 11.3 Å². The van der Waals surface area contributed by atoms with Gasteiger partial charge in [-0.05, 0) is 49.6 Å². The number of hydrogen-bond donors (Lipinski definition) is 3. The molecule has 0 spiro atoms. The third-order valence-corrected chi connectivity index (χ3v) is 5.89. The van der Waals surface area contributed by atoms with Gasteiger partial charge in [-0.1, -0.05) is 72.3 Å². The fourth-order valence-corrected chi connectivity index (χ4v) is 4.61. The summed E-state index contributed by atoms with van der Waals surface area (Å²) in [6, 6.07) is 25.5. The van der Waals surface area contributed by atoms with Crippen molar-refractivity contribution in [3.8, 4) is 22.4 Å². The quantitative estimate of drug-likeness (QED) is 0.332. The first-order valence-corrected chi connectivity index (χ1v) is 11.3. The first kappa shape index (κ1) is 22.3. The van der Waals surface area contributed by atoms with Crippen molar-refractivity contribution in [1.29, 1.82) is 0 Å². The molecule has 0 fully saturated rings. The smallest absolute Gasteiger partial charge is 0.0843 e. The lowest BCUT2D eigenvalue weighted by Crippen LogP contribution is -2.31. The van der Waals surface area contributed by atoms with Crippen molar-refractivity contribution in [2.75, 3.05) is 19.7 Å². The maximum Gasteiger partial charge on any atom is 0.0843 e. The average Bonchev–Trinajstić information content (AvgIpc) is 3.11. The normalized spacial score (nSPS) is 12.4. The second-order valence-electron chi connectivity index (χ2n) is 8.48. The van der Waals surface area contributed by atoms with E-state index in [4.69, 9.17) is 5.11 Å². The molecule has 3 N–H and O–H groups in total. The Hall–Kier alpha value is -2.92. The van der Waals surface area contributed by atoms with Crippen LogP contribution < -0.4 is 5.32 Å². The van der Waals surface area contributed by atoms with Gasteiger partial charge in [0.25, 0.3) is 0 Å². The topological polar surface area (TPSA) is 57.4 Å². The summed E-state index contributed by atoms with van der Waals surface area (Å²) in [6.45, 7) is 6.12. The summed E-state index contributed by atoms with van der Waals surface area (Å²) >= 11 is 0. The molecule has 4 heteroatoms. The van der Waals surface area contributed by atoms with Crippen LogP contribution in [0.3, 0.4) is 0 Å². The number of aromatic nitrogens is 1. The van der Waals surface area contributed by atoms with Crippen molar-refractivity contribution >= 4 is 10.9 Å². The van der Waals surface area contributed by atoms with E-state index in [0.29, 0.717) is 26.1 Å². The van der Waals surface area contributed by atoms with E-state index in [9.17, 15) is 5.11 Å². The Bertz CT molecular complexity index is 1170. The highest BCUT2D eigenvalue weighted by molar-refractivity contribution is 6.06. The highest BCUT2D eigenvalue weighted by atomic mass is 16.3. The molecule has 0 aliphatic heterocycles. The highest BCUT2D eigenvalue weighted by Crippen LogP contribution is 2.42.